The summed E-state index contributed by atoms with van der Waals surface area (Å²) in [6, 6.07) is 4.76. The lowest BCUT2D eigenvalue weighted by molar-refractivity contribution is 0.627. The third kappa shape index (κ3) is 3.82. The summed E-state index contributed by atoms with van der Waals surface area (Å²) in [6.07, 6.45) is 1.90. The lowest BCUT2D eigenvalue weighted by Gasteiger charge is -2.16. The van der Waals surface area contributed by atoms with Crippen molar-refractivity contribution in [3.8, 4) is 0 Å². The second-order valence-electron chi connectivity index (χ2n) is 4.26. The van der Waals surface area contributed by atoms with Gasteiger partial charge in [0, 0.05) is 33.4 Å². The van der Waals surface area contributed by atoms with Crippen molar-refractivity contribution in [1.82, 2.24) is 4.98 Å². The maximum atomic E-state index is 13.0. The molecular weight excluding hydrogens is 388 g/mol. The Morgan fingerprint density at radius 1 is 1.35 bits per heavy atom. The summed E-state index contributed by atoms with van der Waals surface area (Å²) in [6.45, 7) is 6.90. The molecule has 108 valence electrons. The topological polar surface area (TPSA) is 28.2 Å². The molecule has 0 saturated heterocycles. The number of nitrogens with zero attached hydrogens (tertiary/aromatic N) is 2. The first-order valence-corrected chi connectivity index (χ1v) is 8.42. The van der Waals surface area contributed by atoms with Crippen molar-refractivity contribution in [1.29, 1.82) is 0 Å². The van der Waals surface area contributed by atoms with Crippen molar-refractivity contribution in [2.45, 2.75) is 20.4 Å². The number of anilines is 2. The largest absolute Gasteiger partial charge is 0.379 e. The Hall–Kier alpha value is -0.890. The average molecular weight is 405 g/mol. The van der Waals surface area contributed by atoms with Gasteiger partial charge in [-0.15, -0.1) is 11.3 Å². The van der Waals surface area contributed by atoms with Gasteiger partial charge in [0.1, 0.15) is 5.82 Å². The fourth-order valence-corrected chi connectivity index (χ4v) is 3.48. The number of halogens is 2. The standard InChI is InChI=1S/C14H17FIN3S/c1-3-19(4-2)14-18-9-11(20-14)8-17-13-6-5-10(15)7-12(13)16/h5-7,9,17H,3-4,8H2,1-2H3. The number of hydrogen-bond donors (Lipinski definition) is 1. The van der Waals surface area contributed by atoms with Crippen LogP contribution in [-0.2, 0) is 6.54 Å². The number of thiazole rings is 1. The number of hydrogen-bond acceptors (Lipinski definition) is 4. The quantitative estimate of drug-likeness (QED) is 0.725. The summed E-state index contributed by atoms with van der Waals surface area (Å²) in [5.41, 5.74) is 0.949. The zero-order chi connectivity index (χ0) is 14.5. The molecule has 0 bridgehead atoms. The predicted molar refractivity (Wildman–Crippen MR) is 92.1 cm³/mol. The molecule has 0 amide bonds. The van der Waals surface area contributed by atoms with Crippen LogP contribution in [0.4, 0.5) is 15.2 Å². The molecular formula is C14H17FIN3S. The van der Waals surface area contributed by atoms with Crippen molar-refractivity contribution < 1.29 is 4.39 Å². The van der Waals surface area contributed by atoms with Crippen molar-refractivity contribution >= 4 is 44.7 Å². The predicted octanol–water partition coefficient (Wildman–Crippen LogP) is 4.35. The minimum atomic E-state index is -0.207. The molecule has 0 spiro atoms. The van der Waals surface area contributed by atoms with Crippen LogP contribution in [-0.4, -0.2) is 18.1 Å². The summed E-state index contributed by atoms with van der Waals surface area (Å²) in [5.74, 6) is -0.207. The molecule has 1 N–H and O–H groups in total. The van der Waals surface area contributed by atoms with E-state index in [1.807, 2.05) is 6.20 Å². The zero-order valence-corrected chi connectivity index (χ0v) is 14.5. The lowest BCUT2D eigenvalue weighted by Crippen LogP contribution is -2.21. The highest BCUT2D eigenvalue weighted by Crippen LogP contribution is 2.24. The lowest BCUT2D eigenvalue weighted by atomic mass is 10.3. The van der Waals surface area contributed by atoms with Crippen LogP contribution in [0, 0.1) is 9.39 Å². The molecule has 3 nitrogen and oxygen atoms in total. The Kier molecular flexibility index (Phi) is 5.59. The summed E-state index contributed by atoms with van der Waals surface area (Å²) in [5, 5.41) is 4.38. The van der Waals surface area contributed by atoms with E-state index in [0.29, 0.717) is 6.54 Å². The van der Waals surface area contributed by atoms with Crippen LogP contribution in [0.3, 0.4) is 0 Å². The highest BCUT2D eigenvalue weighted by atomic mass is 127. The van der Waals surface area contributed by atoms with Gasteiger partial charge in [0.05, 0.1) is 6.54 Å². The van der Waals surface area contributed by atoms with E-state index in [1.54, 1.807) is 17.4 Å². The van der Waals surface area contributed by atoms with E-state index < -0.39 is 0 Å². The van der Waals surface area contributed by atoms with E-state index in [2.05, 4.69) is 51.6 Å². The third-order valence-electron chi connectivity index (χ3n) is 2.96. The Labute approximate surface area is 136 Å². The normalized spacial score (nSPS) is 10.6. The van der Waals surface area contributed by atoms with Crippen molar-refractivity contribution in [2.75, 3.05) is 23.3 Å². The van der Waals surface area contributed by atoms with Gasteiger partial charge in [0.2, 0.25) is 0 Å². The van der Waals surface area contributed by atoms with Crippen LogP contribution >= 0.6 is 33.9 Å². The van der Waals surface area contributed by atoms with Gasteiger partial charge in [-0.3, -0.25) is 0 Å². The third-order valence-corrected chi connectivity index (χ3v) is 4.91. The molecule has 20 heavy (non-hydrogen) atoms. The van der Waals surface area contributed by atoms with Crippen LogP contribution in [0.5, 0.6) is 0 Å². The molecule has 2 aromatic rings. The number of rotatable bonds is 6. The second-order valence-corrected chi connectivity index (χ2v) is 6.52. The van der Waals surface area contributed by atoms with Gasteiger partial charge in [0.25, 0.3) is 0 Å². The van der Waals surface area contributed by atoms with Crippen LogP contribution in [0.2, 0.25) is 0 Å². The Morgan fingerprint density at radius 2 is 2.10 bits per heavy atom. The fourth-order valence-electron chi connectivity index (χ4n) is 1.83. The van der Waals surface area contributed by atoms with E-state index in [4.69, 9.17) is 0 Å². The van der Waals surface area contributed by atoms with Crippen molar-refractivity contribution in [2.24, 2.45) is 0 Å². The van der Waals surface area contributed by atoms with Crippen LogP contribution in [0.15, 0.2) is 24.4 Å². The molecule has 2 rings (SSSR count). The number of aromatic nitrogens is 1. The van der Waals surface area contributed by atoms with Crippen LogP contribution in [0.1, 0.15) is 18.7 Å². The number of benzene rings is 1. The average Bonchev–Trinajstić information content (AvgIpc) is 2.88. The monoisotopic (exact) mass is 405 g/mol. The van der Waals surface area contributed by atoms with E-state index >= 15 is 0 Å². The summed E-state index contributed by atoms with van der Waals surface area (Å²) in [4.78, 5) is 7.85. The summed E-state index contributed by atoms with van der Waals surface area (Å²) >= 11 is 3.83. The minimum absolute atomic E-state index is 0.207. The van der Waals surface area contributed by atoms with Gasteiger partial charge in [-0.1, -0.05) is 0 Å². The van der Waals surface area contributed by atoms with Gasteiger partial charge in [0.15, 0.2) is 5.13 Å². The molecule has 0 unspecified atom stereocenters. The molecule has 1 aromatic heterocycles. The molecule has 0 aliphatic heterocycles. The maximum absolute atomic E-state index is 13.0. The summed E-state index contributed by atoms with van der Waals surface area (Å²) in [7, 11) is 0. The van der Waals surface area contributed by atoms with E-state index in [-0.39, 0.29) is 5.82 Å². The van der Waals surface area contributed by atoms with Gasteiger partial charge in [-0.05, 0) is 54.6 Å². The van der Waals surface area contributed by atoms with Crippen molar-refractivity contribution in [3.63, 3.8) is 0 Å². The number of nitrogens with one attached hydrogen (secondary N) is 1. The molecule has 0 aliphatic rings. The van der Waals surface area contributed by atoms with E-state index in [9.17, 15) is 4.39 Å². The molecule has 0 aliphatic carbocycles. The van der Waals surface area contributed by atoms with Gasteiger partial charge < -0.3 is 10.2 Å². The Morgan fingerprint density at radius 3 is 2.75 bits per heavy atom. The first kappa shape index (κ1) is 15.5. The molecule has 0 atom stereocenters. The Bertz CT molecular complexity index is 569. The van der Waals surface area contributed by atoms with Gasteiger partial charge in [-0.25, -0.2) is 9.37 Å². The van der Waals surface area contributed by atoms with Crippen LogP contribution in [0.25, 0.3) is 0 Å². The maximum Gasteiger partial charge on any atom is 0.185 e. The minimum Gasteiger partial charge on any atom is -0.379 e. The molecule has 0 radical (unpaired) electrons. The first-order valence-electron chi connectivity index (χ1n) is 6.52. The summed E-state index contributed by atoms with van der Waals surface area (Å²) < 4.78 is 13.9. The Balaban J connectivity index is 2.00. The van der Waals surface area contributed by atoms with Crippen molar-refractivity contribution in [3.05, 3.63) is 38.7 Å². The van der Waals surface area contributed by atoms with Crippen LogP contribution < -0.4 is 10.2 Å². The van der Waals surface area contributed by atoms with Gasteiger partial charge in [-0.2, -0.15) is 0 Å². The zero-order valence-electron chi connectivity index (χ0n) is 11.5. The SMILES string of the molecule is CCN(CC)c1ncc(CNc2ccc(F)cc2I)s1. The first-order chi connectivity index (χ1) is 9.63. The molecule has 1 aromatic carbocycles. The molecule has 6 heteroatoms. The highest BCUT2D eigenvalue weighted by molar-refractivity contribution is 14.1. The van der Waals surface area contributed by atoms with Gasteiger partial charge >= 0.3 is 0 Å². The fraction of sp³-hybridized carbons (Fsp3) is 0.357. The smallest absolute Gasteiger partial charge is 0.185 e. The van der Waals surface area contributed by atoms with E-state index in [0.717, 1.165) is 27.5 Å². The van der Waals surface area contributed by atoms with E-state index in [1.165, 1.54) is 17.0 Å². The molecule has 0 saturated carbocycles. The molecule has 0 fully saturated rings. The molecule has 1 heterocycles. The highest BCUT2D eigenvalue weighted by Gasteiger charge is 2.08. The second kappa shape index (κ2) is 7.21.